The molecule has 0 aromatic heterocycles. The number of nitrogens with one attached hydrogen (secondary N) is 2. The van der Waals surface area contributed by atoms with Gasteiger partial charge in [-0.15, -0.1) is 0 Å². The van der Waals surface area contributed by atoms with Crippen LogP contribution in [0.15, 0.2) is 0 Å². The number of carbonyl (C=O) groups excluding carboxylic acids is 1. The minimum atomic E-state index is -0.0428. The molecule has 1 aliphatic heterocycles. The van der Waals surface area contributed by atoms with E-state index < -0.39 is 0 Å². The van der Waals surface area contributed by atoms with Crippen LogP contribution in [0.2, 0.25) is 0 Å². The smallest absolute Gasteiger partial charge is 0.234 e. The van der Waals surface area contributed by atoms with Crippen molar-refractivity contribution in [1.29, 1.82) is 0 Å². The molecule has 23 heavy (non-hydrogen) atoms. The number of morpholine rings is 1. The first-order valence-corrected chi connectivity index (χ1v) is 9.25. The topological polar surface area (TPSA) is 53.6 Å². The molecule has 3 fully saturated rings. The molecule has 0 aromatic rings. The van der Waals surface area contributed by atoms with Gasteiger partial charge in [0, 0.05) is 31.7 Å². The Morgan fingerprint density at radius 1 is 1.17 bits per heavy atom. The quantitative estimate of drug-likeness (QED) is 0.722. The average molecular weight is 323 g/mol. The third-order valence-electron chi connectivity index (χ3n) is 7.00. The lowest BCUT2D eigenvalue weighted by Crippen LogP contribution is -2.60. The summed E-state index contributed by atoms with van der Waals surface area (Å²) in [5.41, 5.74) is 0.165. The molecule has 3 rings (SSSR count). The zero-order valence-corrected chi connectivity index (χ0v) is 15.0. The molecule has 3 atom stereocenters. The molecule has 1 heterocycles. The predicted molar refractivity (Wildman–Crippen MR) is 91.3 cm³/mol. The van der Waals surface area contributed by atoms with Gasteiger partial charge >= 0.3 is 0 Å². The van der Waals surface area contributed by atoms with Gasteiger partial charge in [0.05, 0.1) is 19.8 Å². The van der Waals surface area contributed by atoms with E-state index in [9.17, 15) is 4.79 Å². The molecule has 5 heteroatoms. The molecule has 2 N–H and O–H groups in total. The van der Waals surface area contributed by atoms with Crippen LogP contribution in [0.5, 0.6) is 0 Å². The molecule has 0 radical (unpaired) electrons. The van der Waals surface area contributed by atoms with Crippen molar-refractivity contribution in [3.63, 3.8) is 0 Å². The first-order chi connectivity index (χ1) is 10.9. The van der Waals surface area contributed by atoms with Crippen molar-refractivity contribution in [1.82, 2.24) is 15.5 Å². The highest BCUT2D eigenvalue weighted by molar-refractivity contribution is 5.79. The maximum Gasteiger partial charge on any atom is 0.234 e. The molecule has 1 saturated heterocycles. The molecule has 5 nitrogen and oxygen atoms in total. The lowest BCUT2D eigenvalue weighted by molar-refractivity contribution is -0.124. The summed E-state index contributed by atoms with van der Waals surface area (Å²) in [5, 5.41) is 6.68. The zero-order valence-electron chi connectivity index (χ0n) is 15.0. The molecule has 0 unspecified atom stereocenters. The minimum absolute atomic E-state index is 0.0428. The Kier molecular flexibility index (Phi) is 5.00. The average Bonchev–Trinajstić information content (AvgIpc) is 3.08. The Labute approximate surface area is 140 Å². The Bertz CT molecular complexity index is 434. The second-order valence-electron chi connectivity index (χ2n) is 8.31. The first-order valence-electron chi connectivity index (χ1n) is 9.25. The van der Waals surface area contributed by atoms with Gasteiger partial charge in [-0.25, -0.2) is 0 Å². The highest BCUT2D eigenvalue weighted by atomic mass is 16.5. The molecule has 1 amide bonds. The van der Waals surface area contributed by atoms with Gasteiger partial charge in [0.15, 0.2) is 0 Å². The van der Waals surface area contributed by atoms with Crippen molar-refractivity contribution in [3.8, 4) is 0 Å². The molecule has 132 valence electrons. The summed E-state index contributed by atoms with van der Waals surface area (Å²) in [6.45, 7) is 12.9. The summed E-state index contributed by atoms with van der Waals surface area (Å²) >= 11 is 0. The van der Waals surface area contributed by atoms with Crippen LogP contribution in [-0.2, 0) is 9.53 Å². The fourth-order valence-corrected chi connectivity index (χ4v) is 4.97. The van der Waals surface area contributed by atoms with E-state index in [1.54, 1.807) is 0 Å². The molecule has 2 aliphatic carbocycles. The van der Waals surface area contributed by atoms with Crippen molar-refractivity contribution in [2.75, 3.05) is 45.9 Å². The number of hydrogen-bond acceptors (Lipinski definition) is 4. The lowest BCUT2D eigenvalue weighted by Gasteiger charge is -2.48. The number of nitrogens with zero attached hydrogens (tertiary/aromatic N) is 1. The van der Waals surface area contributed by atoms with Gasteiger partial charge in [-0.1, -0.05) is 13.8 Å². The van der Waals surface area contributed by atoms with Gasteiger partial charge in [-0.2, -0.15) is 0 Å². The summed E-state index contributed by atoms with van der Waals surface area (Å²) in [6.07, 6.45) is 3.89. The van der Waals surface area contributed by atoms with Crippen LogP contribution in [-0.4, -0.2) is 62.3 Å². The third-order valence-corrected chi connectivity index (χ3v) is 7.00. The van der Waals surface area contributed by atoms with Crippen LogP contribution >= 0.6 is 0 Å². The highest BCUT2D eigenvalue weighted by Crippen LogP contribution is 2.61. The van der Waals surface area contributed by atoms with Crippen LogP contribution in [0.1, 0.15) is 40.0 Å². The molecular formula is C18H33N3O2. The van der Waals surface area contributed by atoms with Gasteiger partial charge in [0.2, 0.25) is 5.91 Å². The van der Waals surface area contributed by atoms with E-state index in [4.69, 9.17) is 4.74 Å². The van der Waals surface area contributed by atoms with Gasteiger partial charge in [-0.3, -0.25) is 9.69 Å². The second kappa shape index (κ2) is 6.69. The van der Waals surface area contributed by atoms with E-state index in [-0.39, 0.29) is 16.9 Å². The number of fused-ring (bicyclic) bond motifs is 2. The Hall–Kier alpha value is -0.650. The SMILES string of the molecule is CC1(C)[C@@H]2CC[C@@H](C2)[C@@]1(C)NC(=O)CNCCN1CCOCC1. The summed E-state index contributed by atoms with van der Waals surface area (Å²) in [7, 11) is 0. The van der Waals surface area contributed by atoms with Gasteiger partial charge in [0.1, 0.15) is 0 Å². The molecule has 0 spiro atoms. The normalized spacial score (nSPS) is 36.3. The molecule has 3 aliphatic rings. The predicted octanol–water partition coefficient (Wildman–Crippen LogP) is 1.24. The van der Waals surface area contributed by atoms with Crippen molar-refractivity contribution >= 4 is 5.91 Å². The fourth-order valence-electron chi connectivity index (χ4n) is 4.97. The van der Waals surface area contributed by atoms with E-state index in [0.29, 0.717) is 12.5 Å². The van der Waals surface area contributed by atoms with Gasteiger partial charge in [-0.05, 0) is 43.4 Å². The standard InChI is InChI=1S/C18H33N3O2/c1-17(2)14-4-5-15(12-14)18(17,3)20-16(22)13-19-6-7-21-8-10-23-11-9-21/h14-15,19H,4-13H2,1-3H3,(H,20,22)/t14-,15+,18-/m1/s1. The Morgan fingerprint density at radius 2 is 1.87 bits per heavy atom. The minimum Gasteiger partial charge on any atom is -0.379 e. The highest BCUT2D eigenvalue weighted by Gasteiger charge is 2.60. The van der Waals surface area contributed by atoms with Gasteiger partial charge < -0.3 is 15.4 Å². The number of rotatable bonds is 6. The van der Waals surface area contributed by atoms with Crippen molar-refractivity contribution in [2.45, 2.75) is 45.6 Å². The van der Waals surface area contributed by atoms with E-state index >= 15 is 0 Å². The monoisotopic (exact) mass is 323 g/mol. The van der Waals surface area contributed by atoms with Gasteiger partial charge in [0.25, 0.3) is 0 Å². The number of ether oxygens (including phenoxy) is 1. The summed E-state index contributed by atoms with van der Waals surface area (Å²) < 4.78 is 5.35. The summed E-state index contributed by atoms with van der Waals surface area (Å²) in [6, 6.07) is 0. The van der Waals surface area contributed by atoms with Crippen molar-refractivity contribution < 1.29 is 9.53 Å². The number of hydrogen-bond donors (Lipinski definition) is 2. The van der Waals surface area contributed by atoms with Crippen LogP contribution in [0.25, 0.3) is 0 Å². The van der Waals surface area contributed by atoms with Crippen LogP contribution in [0.3, 0.4) is 0 Å². The maximum atomic E-state index is 12.4. The first kappa shape index (κ1) is 17.2. The molecule has 2 bridgehead atoms. The van der Waals surface area contributed by atoms with E-state index in [0.717, 1.165) is 45.3 Å². The lowest BCUT2D eigenvalue weighted by atomic mass is 9.64. The van der Waals surface area contributed by atoms with Crippen molar-refractivity contribution in [3.05, 3.63) is 0 Å². The number of carbonyl (C=O) groups is 1. The molecule has 2 saturated carbocycles. The van der Waals surface area contributed by atoms with E-state index in [2.05, 4.69) is 36.3 Å². The van der Waals surface area contributed by atoms with Crippen LogP contribution in [0, 0.1) is 17.3 Å². The second-order valence-corrected chi connectivity index (χ2v) is 8.31. The summed E-state index contributed by atoms with van der Waals surface area (Å²) in [4.78, 5) is 14.8. The van der Waals surface area contributed by atoms with Crippen LogP contribution < -0.4 is 10.6 Å². The third kappa shape index (κ3) is 3.28. The van der Waals surface area contributed by atoms with Crippen LogP contribution in [0.4, 0.5) is 0 Å². The largest absolute Gasteiger partial charge is 0.379 e. The maximum absolute atomic E-state index is 12.4. The van der Waals surface area contributed by atoms with E-state index in [1.807, 2.05) is 0 Å². The molecule has 0 aromatic carbocycles. The Morgan fingerprint density at radius 3 is 2.52 bits per heavy atom. The Balaban J connectivity index is 1.41. The van der Waals surface area contributed by atoms with E-state index in [1.165, 1.54) is 19.3 Å². The number of amides is 1. The zero-order chi connectivity index (χ0) is 16.5. The summed E-state index contributed by atoms with van der Waals surface area (Å²) in [5.74, 6) is 1.57. The fraction of sp³-hybridized carbons (Fsp3) is 0.944. The van der Waals surface area contributed by atoms with Crippen molar-refractivity contribution in [2.24, 2.45) is 17.3 Å². The molecular weight excluding hydrogens is 290 g/mol.